The summed E-state index contributed by atoms with van der Waals surface area (Å²) in [7, 11) is 0. The van der Waals surface area contributed by atoms with Gasteiger partial charge in [-0.15, -0.1) is 0 Å². The highest BCUT2D eigenvalue weighted by molar-refractivity contribution is 5.35. The summed E-state index contributed by atoms with van der Waals surface area (Å²) in [6.07, 6.45) is 4.17. The summed E-state index contributed by atoms with van der Waals surface area (Å²) in [5.41, 5.74) is 1.48. The molecule has 1 saturated carbocycles. The van der Waals surface area contributed by atoms with Gasteiger partial charge in [-0.25, -0.2) is 4.39 Å². The Morgan fingerprint density at radius 2 is 2.20 bits per heavy atom. The van der Waals surface area contributed by atoms with Crippen molar-refractivity contribution < 1.29 is 9.13 Å². The van der Waals surface area contributed by atoms with Crippen molar-refractivity contribution in [2.75, 3.05) is 0 Å². The molecule has 0 atom stereocenters. The lowest BCUT2D eigenvalue weighted by Gasteiger charge is -2.09. The SMILES string of the molecule is Cc1cccc(Oc2ccnc(CNC3CC3)c2)c1F. The molecule has 0 spiro atoms. The van der Waals surface area contributed by atoms with Crippen LogP contribution in [0.5, 0.6) is 11.5 Å². The lowest BCUT2D eigenvalue weighted by molar-refractivity contribution is 0.438. The van der Waals surface area contributed by atoms with Gasteiger partial charge in [0.15, 0.2) is 11.6 Å². The Bertz CT molecular complexity index is 611. The first-order valence-electron chi connectivity index (χ1n) is 6.83. The summed E-state index contributed by atoms with van der Waals surface area (Å²) in [5.74, 6) is 0.538. The maximum atomic E-state index is 13.9. The van der Waals surface area contributed by atoms with Crippen LogP contribution in [0.1, 0.15) is 24.1 Å². The molecule has 0 radical (unpaired) electrons. The quantitative estimate of drug-likeness (QED) is 0.903. The molecule has 3 nitrogen and oxygen atoms in total. The third-order valence-corrected chi connectivity index (χ3v) is 3.32. The van der Waals surface area contributed by atoms with Gasteiger partial charge in [-0.3, -0.25) is 4.98 Å². The smallest absolute Gasteiger partial charge is 0.168 e. The van der Waals surface area contributed by atoms with Crippen LogP contribution in [-0.2, 0) is 6.54 Å². The van der Waals surface area contributed by atoms with Gasteiger partial charge in [0, 0.05) is 24.8 Å². The number of pyridine rings is 1. The molecule has 2 aromatic rings. The fourth-order valence-corrected chi connectivity index (χ4v) is 1.98. The average molecular weight is 272 g/mol. The minimum absolute atomic E-state index is 0.248. The van der Waals surface area contributed by atoms with E-state index in [4.69, 9.17) is 4.74 Å². The fraction of sp³-hybridized carbons (Fsp3) is 0.312. The molecule has 1 aliphatic carbocycles. The molecule has 3 rings (SSSR count). The predicted octanol–water partition coefficient (Wildman–Crippen LogP) is 3.57. The van der Waals surface area contributed by atoms with E-state index in [1.165, 1.54) is 12.8 Å². The lowest BCUT2D eigenvalue weighted by Crippen LogP contribution is -2.16. The maximum Gasteiger partial charge on any atom is 0.168 e. The topological polar surface area (TPSA) is 34.1 Å². The summed E-state index contributed by atoms with van der Waals surface area (Å²) in [5, 5.41) is 3.39. The van der Waals surface area contributed by atoms with Gasteiger partial charge in [0.25, 0.3) is 0 Å². The number of hydrogen-bond acceptors (Lipinski definition) is 3. The van der Waals surface area contributed by atoms with Gasteiger partial charge in [0.2, 0.25) is 0 Å². The van der Waals surface area contributed by atoms with Gasteiger partial charge in [-0.2, -0.15) is 0 Å². The lowest BCUT2D eigenvalue weighted by atomic mass is 10.2. The zero-order valence-electron chi connectivity index (χ0n) is 11.4. The largest absolute Gasteiger partial charge is 0.454 e. The van der Waals surface area contributed by atoms with E-state index in [-0.39, 0.29) is 11.6 Å². The first kappa shape index (κ1) is 13.1. The van der Waals surface area contributed by atoms with Gasteiger partial charge in [-0.1, -0.05) is 12.1 Å². The summed E-state index contributed by atoms with van der Waals surface area (Å²) in [6, 6.07) is 9.35. The summed E-state index contributed by atoms with van der Waals surface area (Å²) in [6.45, 7) is 2.44. The summed E-state index contributed by atoms with van der Waals surface area (Å²) < 4.78 is 19.5. The van der Waals surface area contributed by atoms with E-state index >= 15 is 0 Å². The minimum Gasteiger partial charge on any atom is -0.454 e. The number of aryl methyl sites for hydroxylation is 1. The molecule has 0 bridgehead atoms. The average Bonchev–Trinajstić information content (AvgIpc) is 3.26. The normalized spacial score (nSPS) is 14.3. The maximum absolute atomic E-state index is 13.9. The highest BCUT2D eigenvalue weighted by atomic mass is 19.1. The molecule has 0 aliphatic heterocycles. The number of rotatable bonds is 5. The highest BCUT2D eigenvalue weighted by Gasteiger charge is 2.20. The second-order valence-corrected chi connectivity index (χ2v) is 5.13. The number of nitrogens with one attached hydrogen (secondary N) is 1. The molecule has 0 saturated heterocycles. The van der Waals surface area contributed by atoms with Crippen LogP contribution in [0.15, 0.2) is 36.5 Å². The first-order chi connectivity index (χ1) is 9.72. The molecule has 104 valence electrons. The van der Waals surface area contributed by atoms with E-state index in [2.05, 4.69) is 10.3 Å². The van der Waals surface area contributed by atoms with E-state index in [1.54, 1.807) is 37.4 Å². The van der Waals surface area contributed by atoms with Crippen LogP contribution in [-0.4, -0.2) is 11.0 Å². The molecule has 1 fully saturated rings. The van der Waals surface area contributed by atoms with Gasteiger partial charge in [0.1, 0.15) is 5.75 Å². The van der Waals surface area contributed by atoms with Gasteiger partial charge < -0.3 is 10.1 Å². The van der Waals surface area contributed by atoms with Crippen LogP contribution >= 0.6 is 0 Å². The van der Waals surface area contributed by atoms with E-state index < -0.39 is 0 Å². The third-order valence-electron chi connectivity index (χ3n) is 3.32. The molecule has 1 aliphatic rings. The van der Waals surface area contributed by atoms with E-state index in [0.29, 0.717) is 17.4 Å². The number of hydrogen-bond donors (Lipinski definition) is 1. The Morgan fingerprint density at radius 3 is 3.00 bits per heavy atom. The molecule has 1 aromatic heterocycles. The van der Waals surface area contributed by atoms with E-state index in [9.17, 15) is 4.39 Å². The zero-order valence-corrected chi connectivity index (χ0v) is 11.4. The molecular weight excluding hydrogens is 255 g/mol. The molecule has 1 heterocycles. The summed E-state index contributed by atoms with van der Waals surface area (Å²) in [4.78, 5) is 4.28. The second kappa shape index (κ2) is 5.59. The second-order valence-electron chi connectivity index (χ2n) is 5.13. The molecular formula is C16H17FN2O. The molecule has 1 N–H and O–H groups in total. The Hall–Kier alpha value is -1.94. The number of halogens is 1. The van der Waals surface area contributed by atoms with Crippen molar-refractivity contribution in [3.8, 4) is 11.5 Å². The van der Waals surface area contributed by atoms with Gasteiger partial charge >= 0.3 is 0 Å². The van der Waals surface area contributed by atoms with Gasteiger partial charge in [-0.05, 0) is 37.5 Å². The van der Waals surface area contributed by atoms with Crippen LogP contribution in [0.2, 0.25) is 0 Å². The van der Waals surface area contributed by atoms with Crippen LogP contribution < -0.4 is 10.1 Å². The Kier molecular flexibility index (Phi) is 3.65. The van der Waals surface area contributed by atoms with Crippen molar-refractivity contribution in [1.29, 1.82) is 0 Å². The van der Waals surface area contributed by atoms with Crippen molar-refractivity contribution in [3.63, 3.8) is 0 Å². The number of benzene rings is 1. The standard InChI is InChI=1S/C16H17FN2O/c1-11-3-2-4-15(16(11)17)20-14-7-8-18-13(9-14)10-19-12-5-6-12/h2-4,7-9,12,19H,5-6,10H2,1H3. The monoisotopic (exact) mass is 272 g/mol. The van der Waals surface area contributed by atoms with Crippen LogP contribution in [0, 0.1) is 12.7 Å². The highest BCUT2D eigenvalue weighted by Crippen LogP contribution is 2.26. The Morgan fingerprint density at radius 1 is 1.35 bits per heavy atom. The zero-order chi connectivity index (χ0) is 13.9. The van der Waals surface area contributed by atoms with E-state index in [1.807, 2.05) is 6.07 Å². The fourth-order valence-electron chi connectivity index (χ4n) is 1.98. The summed E-state index contributed by atoms with van der Waals surface area (Å²) >= 11 is 0. The molecule has 0 unspecified atom stereocenters. The molecule has 1 aromatic carbocycles. The van der Waals surface area contributed by atoms with Crippen LogP contribution in [0.3, 0.4) is 0 Å². The van der Waals surface area contributed by atoms with Crippen LogP contribution in [0.4, 0.5) is 4.39 Å². The number of ether oxygens (including phenoxy) is 1. The number of nitrogens with zero attached hydrogens (tertiary/aromatic N) is 1. The number of aromatic nitrogens is 1. The molecule has 0 amide bonds. The van der Waals surface area contributed by atoms with E-state index in [0.717, 1.165) is 12.2 Å². The minimum atomic E-state index is -0.318. The van der Waals surface area contributed by atoms with Crippen molar-refractivity contribution in [2.45, 2.75) is 32.4 Å². The van der Waals surface area contributed by atoms with Crippen molar-refractivity contribution in [2.24, 2.45) is 0 Å². The third kappa shape index (κ3) is 3.14. The van der Waals surface area contributed by atoms with Crippen molar-refractivity contribution >= 4 is 0 Å². The predicted molar refractivity (Wildman–Crippen MR) is 75.3 cm³/mol. The van der Waals surface area contributed by atoms with Gasteiger partial charge in [0.05, 0.1) is 5.69 Å². The van der Waals surface area contributed by atoms with Crippen molar-refractivity contribution in [1.82, 2.24) is 10.3 Å². The first-order valence-corrected chi connectivity index (χ1v) is 6.83. The Balaban J connectivity index is 1.72. The molecule has 20 heavy (non-hydrogen) atoms. The Labute approximate surface area is 117 Å². The van der Waals surface area contributed by atoms with Crippen molar-refractivity contribution in [3.05, 3.63) is 53.6 Å². The molecule has 4 heteroatoms. The van der Waals surface area contributed by atoms with Crippen LogP contribution in [0.25, 0.3) is 0 Å².